The van der Waals surface area contributed by atoms with Crippen LogP contribution in [0.2, 0.25) is 0 Å². The Hall–Kier alpha value is -3.63. The number of nitrogens with zero attached hydrogens (tertiary/aromatic N) is 1. The molecule has 40 heavy (non-hydrogen) atoms. The van der Waals surface area contributed by atoms with Crippen molar-refractivity contribution in [3.05, 3.63) is 69.6 Å². The van der Waals surface area contributed by atoms with Crippen LogP contribution >= 0.6 is 11.3 Å². The normalized spacial score (nSPS) is 11.5. The van der Waals surface area contributed by atoms with E-state index in [0.29, 0.717) is 24.5 Å². The zero-order valence-electron chi connectivity index (χ0n) is 22.9. The Morgan fingerprint density at radius 3 is 2.50 bits per heavy atom. The van der Waals surface area contributed by atoms with Crippen LogP contribution in [0, 0.1) is 11.6 Å². The smallest absolute Gasteiger partial charge is 0.331 e. The quantitative estimate of drug-likeness (QED) is 0.146. The number of anilines is 1. The number of carboxylic acids is 1. The van der Waals surface area contributed by atoms with Crippen LogP contribution in [0.25, 0.3) is 17.3 Å². The van der Waals surface area contributed by atoms with E-state index < -0.39 is 29.1 Å². The monoisotopic (exact) mass is 572 g/mol. The number of methoxy groups -OCH3 is 1. The lowest BCUT2D eigenvalue weighted by atomic mass is 10.0. The average molecular weight is 573 g/mol. The second kappa shape index (κ2) is 15.2. The van der Waals surface area contributed by atoms with Crippen LogP contribution in [0.1, 0.15) is 67.4 Å². The number of ether oxygens (including phenoxy) is 2. The molecule has 0 saturated carbocycles. The fourth-order valence-corrected chi connectivity index (χ4v) is 4.78. The Bertz CT molecular complexity index is 1330. The standard InChI is InChI=1S/C30H34F2N2O5S/c1-4-5-6-7-8-13-39-14-12-20-10-9-11-22(27(20)38-3)26-18-40-30(33-26)34-28(35)21-16-24(31)23(25(32)17-21)15-19(2)29(36)37/h9-11,15-18H,4-8,12-14H2,1-3H3,(H,36,37)(H,33,34,35)/b19-15+. The molecule has 2 N–H and O–H groups in total. The van der Waals surface area contributed by atoms with Gasteiger partial charge in [-0.3, -0.25) is 10.1 Å². The number of hydrogen-bond acceptors (Lipinski definition) is 6. The van der Waals surface area contributed by atoms with Gasteiger partial charge in [0.15, 0.2) is 5.13 Å². The van der Waals surface area contributed by atoms with Crippen molar-refractivity contribution in [3.8, 4) is 17.0 Å². The lowest BCUT2D eigenvalue weighted by molar-refractivity contribution is -0.132. The number of para-hydroxylation sites is 1. The lowest BCUT2D eigenvalue weighted by Crippen LogP contribution is -2.13. The van der Waals surface area contributed by atoms with Crippen LogP contribution in [0.4, 0.5) is 13.9 Å². The molecule has 0 fully saturated rings. The summed E-state index contributed by atoms with van der Waals surface area (Å²) in [6, 6.07) is 7.46. The number of aromatic nitrogens is 1. The van der Waals surface area contributed by atoms with E-state index in [-0.39, 0.29) is 16.3 Å². The van der Waals surface area contributed by atoms with Crippen LogP contribution < -0.4 is 10.1 Å². The first-order chi connectivity index (χ1) is 19.2. The van der Waals surface area contributed by atoms with Crippen molar-refractivity contribution in [2.75, 3.05) is 25.6 Å². The highest BCUT2D eigenvalue weighted by atomic mass is 32.1. The fourth-order valence-electron chi connectivity index (χ4n) is 4.07. The van der Waals surface area contributed by atoms with Gasteiger partial charge in [-0.1, -0.05) is 44.7 Å². The molecular formula is C30H34F2N2O5S. The molecule has 1 amide bonds. The molecule has 0 aliphatic rings. The van der Waals surface area contributed by atoms with Crippen molar-refractivity contribution < 1.29 is 33.0 Å². The van der Waals surface area contributed by atoms with Gasteiger partial charge in [0.2, 0.25) is 0 Å². The van der Waals surface area contributed by atoms with Crippen molar-refractivity contribution in [2.45, 2.75) is 52.4 Å². The summed E-state index contributed by atoms with van der Waals surface area (Å²) >= 11 is 1.16. The molecule has 3 rings (SSSR count). The second-order valence-electron chi connectivity index (χ2n) is 9.25. The molecule has 0 spiro atoms. The van der Waals surface area contributed by atoms with Crippen molar-refractivity contribution in [3.63, 3.8) is 0 Å². The molecule has 1 aromatic heterocycles. The van der Waals surface area contributed by atoms with Crippen molar-refractivity contribution in [2.24, 2.45) is 0 Å². The Kier molecular flexibility index (Phi) is 11.8. The van der Waals surface area contributed by atoms with Crippen LogP contribution in [0.5, 0.6) is 5.75 Å². The molecular weight excluding hydrogens is 538 g/mol. The van der Waals surface area contributed by atoms with E-state index in [0.717, 1.165) is 53.7 Å². The summed E-state index contributed by atoms with van der Waals surface area (Å²) in [6.07, 6.45) is 7.48. The summed E-state index contributed by atoms with van der Waals surface area (Å²) in [5.74, 6) is -3.48. The number of carbonyl (C=O) groups is 2. The molecule has 10 heteroatoms. The first kappa shape index (κ1) is 30.9. The van der Waals surface area contributed by atoms with E-state index in [1.54, 1.807) is 12.5 Å². The molecule has 0 aliphatic carbocycles. The fraction of sp³-hybridized carbons (Fsp3) is 0.367. The molecule has 1 heterocycles. The molecule has 2 aromatic carbocycles. The van der Waals surface area contributed by atoms with Gasteiger partial charge in [-0.2, -0.15) is 0 Å². The summed E-state index contributed by atoms with van der Waals surface area (Å²) in [4.78, 5) is 28.2. The Balaban J connectivity index is 1.67. The van der Waals surface area contributed by atoms with Gasteiger partial charge in [-0.05, 0) is 49.6 Å². The van der Waals surface area contributed by atoms with Crippen molar-refractivity contribution in [1.29, 1.82) is 0 Å². The molecule has 0 unspecified atom stereocenters. The highest BCUT2D eigenvalue weighted by Crippen LogP contribution is 2.35. The summed E-state index contributed by atoms with van der Waals surface area (Å²) in [7, 11) is 1.59. The van der Waals surface area contributed by atoms with Gasteiger partial charge >= 0.3 is 5.97 Å². The Labute approximate surface area is 236 Å². The molecule has 3 aromatic rings. The number of nitrogens with one attached hydrogen (secondary N) is 1. The predicted octanol–water partition coefficient (Wildman–Crippen LogP) is 7.37. The van der Waals surface area contributed by atoms with Gasteiger partial charge in [-0.15, -0.1) is 11.3 Å². The number of amides is 1. The lowest BCUT2D eigenvalue weighted by Gasteiger charge is -2.13. The van der Waals surface area contributed by atoms with E-state index in [4.69, 9.17) is 14.6 Å². The molecule has 214 valence electrons. The maximum atomic E-state index is 14.5. The summed E-state index contributed by atoms with van der Waals surface area (Å²) < 4.78 is 40.5. The maximum absolute atomic E-state index is 14.5. The van der Waals surface area contributed by atoms with Gasteiger partial charge in [0.05, 0.1) is 19.4 Å². The highest BCUT2D eigenvalue weighted by Gasteiger charge is 2.18. The largest absolute Gasteiger partial charge is 0.496 e. The molecule has 0 radical (unpaired) electrons. The number of halogens is 2. The number of carboxylic acid groups (broad SMARTS) is 1. The van der Waals surface area contributed by atoms with Gasteiger partial charge in [0, 0.05) is 34.3 Å². The molecule has 0 atom stereocenters. The van der Waals surface area contributed by atoms with Crippen molar-refractivity contribution in [1.82, 2.24) is 4.98 Å². The Morgan fingerprint density at radius 1 is 1.10 bits per heavy atom. The minimum Gasteiger partial charge on any atom is -0.496 e. The zero-order chi connectivity index (χ0) is 29.1. The molecule has 0 aliphatic heterocycles. The third kappa shape index (κ3) is 8.43. The zero-order valence-corrected chi connectivity index (χ0v) is 23.7. The van der Waals surface area contributed by atoms with Crippen LogP contribution in [0.15, 0.2) is 41.3 Å². The maximum Gasteiger partial charge on any atom is 0.331 e. The average Bonchev–Trinajstić information content (AvgIpc) is 3.39. The summed E-state index contributed by atoms with van der Waals surface area (Å²) in [5, 5.41) is 13.5. The first-order valence-corrected chi connectivity index (χ1v) is 14.0. The SMILES string of the molecule is CCCCCCCOCCc1cccc(-c2csc(NC(=O)c3cc(F)c(/C=C(\C)C(=O)O)c(F)c3)n2)c1OC. The summed E-state index contributed by atoms with van der Waals surface area (Å²) in [5.41, 5.74) is 1.27. The van der Waals surface area contributed by atoms with Crippen LogP contribution in [-0.2, 0) is 16.0 Å². The predicted molar refractivity (Wildman–Crippen MR) is 153 cm³/mol. The number of thiazole rings is 1. The number of rotatable bonds is 15. The first-order valence-electron chi connectivity index (χ1n) is 13.2. The third-order valence-electron chi connectivity index (χ3n) is 6.25. The number of carbonyl (C=O) groups excluding carboxylic acids is 1. The summed E-state index contributed by atoms with van der Waals surface area (Å²) in [6.45, 7) is 4.72. The minimum absolute atomic E-state index is 0.241. The second-order valence-corrected chi connectivity index (χ2v) is 10.1. The molecule has 0 saturated heterocycles. The number of aliphatic carboxylic acids is 1. The molecule has 0 bridgehead atoms. The van der Waals surface area contributed by atoms with E-state index in [1.807, 2.05) is 18.2 Å². The number of benzene rings is 2. The Morgan fingerprint density at radius 2 is 1.82 bits per heavy atom. The van der Waals surface area contributed by atoms with Crippen molar-refractivity contribution >= 4 is 34.4 Å². The van der Waals surface area contributed by atoms with Gasteiger partial charge < -0.3 is 14.6 Å². The van der Waals surface area contributed by atoms with E-state index >= 15 is 0 Å². The van der Waals surface area contributed by atoms with E-state index in [9.17, 15) is 18.4 Å². The topological polar surface area (TPSA) is 97.8 Å². The number of hydrogen-bond donors (Lipinski definition) is 2. The minimum atomic E-state index is -1.30. The van der Waals surface area contributed by atoms with Gasteiger partial charge in [-0.25, -0.2) is 18.6 Å². The van der Waals surface area contributed by atoms with Crippen LogP contribution in [0.3, 0.4) is 0 Å². The van der Waals surface area contributed by atoms with Gasteiger partial charge in [0.25, 0.3) is 5.91 Å². The molecule has 7 nitrogen and oxygen atoms in total. The van der Waals surface area contributed by atoms with Gasteiger partial charge in [0.1, 0.15) is 17.4 Å². The van der Waals surface area contributed by atoms with E-state index in [1.165, 1.54) is 32.6 Å². The third-order valence-corrected chi connectivity index (χ3v) is 7.01. The van der Waals surface area contributed by atoms with Crippen LogP contribution in [-0.4, -0.2) is 42.3 Å². The number of unbranched alkanes of at least 4 members (excludes halogenated alkanes) is 4. The highest BCUT2D eigenvalue weighted by molar-refractivity contribution is 7.14. The van der Waals surface area contributed by atoms with E-state index in [2.05, 4.69) is 17.2 Å².